The second kappa shape index (κ2) is 11.4. The van der Waals surface area contributed by atoms with Crippen LogP contribution in [0.15, 0.2) is 70.6 Å². The first-order valence-corrected chi connectivity index (χ1v) is 11.8. The van der Waals surface area contributed by atoms with Crippen molar-refractivity contribution < 1.29 is 18.8 Å². The van der Waals surface area contributed by atoms with Gasteiger partial charge in [0.2, 0.25) is 17.6 Å². The molecule has 0 radical (unpaired) electrons. The Bertz CT molecular complexity index is 1220. The van der Waals surface area contributed by atoms with Gasteiger partial charge in [-0.15, -0.1) is 11.3 Å². The molecule has 0 bridgehead atoms. The number of hydrogen-bond donors (Lipinski definition) is 2. The quantitative estimate of drug-likeness (QED) is 0.322. The molecule has 10 heteroatoms. The summed E-state index contributed by atoms with van der Waals surface area (Å²) in [6, 6.07) is 17.8. The lowest BCUT2D eigenvalue weighted by Gasteiger charge is -2.09. The lowest BCUT2D eigenvalue weighted by molar-refractivity contribution is -0.121. The molecule has 2 aromatic heterocycles. The smallest absolute Gasteiger partial charge is 0.269 e. The Morgan fingerprint density at radius 2 is 1.82 bits per heavy atom. The van der Waals surface area contributed by atoms with Crippen molar-refractivity contribution in [3.05, 3.63) is 88.1 Å². The number of hydrogen-bond acceptors (Lipinski definition) is 7. The molecule has 0 aliphatic carbocycles. The number of aryl methyl sites for hydroxylation is 1. The van der Waals surface area contributed by atoms with Crippen LogP contribution in [0.25, 0.3) is 10.7 Å². The SMILES string of the molecule is O=C(CCCc1nc(-c2cccs2)no1)NNC(=O)c1ccc(COc2ccc(Cl)cc2)cc1. The molecule has 0 fully saturated rings. The number of carbonyl (C=O) groups is 2. The number of carbonyl (C=O) groups excluding carboxylic acids is 2. The van der Waals surface area contributed by atoms with Gasteiger partial charge in [0.15, 0.2) is 0 Å². The van der Waals surface area contributed by atoms with Crippen molar-refractivity contribution in [3.63, 3.8) is 0 Å². The lowest BCUT2D eigenvalue weighted by Crippen LogP contribution is -2.41. The normalized spacial score (nSPS) is 10.6. The maximum Gasteiger partial charge on any atom is 0.269 e. The summed E-state index contributed by atoms with van der Waals surface area (Å²) in [6.07, 6.45) is 1.19. The van der Waals surface area contributed by atoms with E-state index in [-0.39, 0.29) is 12.3 Å². The summed E-state index contributed by atoms with van der Waals surface area (Å²) in [5.41, 5.74) is 6.16. The van der Waals surface area contributed by atoms with Gasteiger partial charge in [0, 0.05) is 23.4 Å². The summed E-state index contributed by atoms with van der Waals surface area (Å²) in [4.78, 5) is 29.6. The van der Waals surface area contributed by atoms with E-state index in [1.165, 1.54) is 11.3 Å². The summed E-state index contributed by atoms with van der Waals surface area (Å²) in [7, 11) is 0. The Kier molecular flexibility index (Phi) is 7.90. The van der Waals surface area contributed by atoms with Crippen LogP contribution in [-0.2, 0) is 17.8 Å². The molecule has 0 saturated carbocycles. The molecular weight excluding hydrogens is 476 g/mol. The standard InChI is InChI=1S/C24H21ClN4O4S/c25-18-10-12-19(13-11-18)32-15-16-6-8-17(9-7-16)24(31)28-27-21(30)4-1-5-22-26-23(29-33-22)20-3-2-14-34-20/h2-3,6-14H,1,4-5,15H2,(H,27,30)(H,28,31). The van der Waals surface area contributed by atoms with E-state index in [0.29, 0.717) is 47.5 Å². The number of aromatic nitrogens is 2. The number of rotatable bonds is 9. The number of hydrazine groups is 1. The van der Waals surface area contributed by atoms with E-state index in [0.717, 1.165) is 10.4 Å². The van der Waals surface area contributed by atoms with Crippen LogP contribution in [0.1, 0.15) is 34.7 Å². The van der Waals surface area contributed by atoms with Crippen LogP contribution in [0.3, 0.4) is 0 Å². The minimum Gasteiger partial charge on any atom is -0.489 e. The van der Waals surface area contributed by atoms with Crippen molar-refractivity contribution in [1.82, 2.24) is 21.0 Å². The lowest BCUT2D eigenvalue weighted by atomic mass is 10.1. The number of nitrogens with one attached hydrogen (secondary N) is 2. The molecule has 174 valence electrons. The number of thiophene rings is 1. The number of amides is 2. The van der Waals surface area contributed by atoms with E-state index >= 15 is 0 Å². The summed E-state index contributed by atoms with van der Waals surface area (Å²) < 4.78 is 10.9. The molecule has 8 nitrogen and oxygen atoms in total. The van der Waals surface area contributed by atoms with Gasteiger partial charge in [-0.1, -0.05) is 35.0 Å². The van der Waals surface area contributed by atoms with Gasteiger partial charge in [0.05, 0.1) is 4.88 Å². The van der Waals surface area contributed by atoms with Gasteiger partial charge >= 0.3 is 0 Å². The van der Waals surface area contributed by atoms with Crippen molar-refractivity contribution in [2.45, 2.75) is 25.9 Å². The average molecular weight is 497 g/mol. The molecule has 2 heterocycles. The third kappa shape index (κ3) is 6.66. The highest BCUT2D eigenvalue weighted by Crippen LogP contribution is 2.21. The maximum atomic E-state index is 12.3. The Morgan fingerprint density at radius 1 is 1.03 bits per heavy atom. The zero-order chi connectivity index (χ0) is 23.8. The fourth-order valence-corrected chi connectivity index (χ4v) is 3.75. The Morgan fingerprint density at radius 3 is 2.56 bits per heavy atom. The van der Waals surface area contributed by atoms with E-state index in [1.807, 2.05) is 17.5 Å². The zero-order valence-electron chi connectivity index (χ0n) is 18.0. The molecule has 0 saturated heterocycles. The highest BCUT2D eigenvalue weighted by molar-refractivity contribution is 7.13. The zero-order valence-corrected chi connectivity index (χ0v) is 19.6. The predicted molar refractivity (Wildman–Crippen MR) is 128 cm³/mol. The Labute approximate surface area is 204 Å². The molecule has 34 heavy (non-hydrogen) atoms. The summed E-state index contributed by atoms with van der Waals surface area (Å²) in [5, 5.41) is 6.52. The number of ether oxygens (including phenoxy) is 1. The molecular formula is C24H21ClN4O4S. The van der Waals surface area contributed by atoms with Crippen molar-refractivity contribution >= 4 is 34.8 Å². The topological polar surface area (TPSA) is 106 Å². The third-order valence-electron chi connectivity index (χ3n) is 4.75. The van der Waals surface area contributed by atoms with Gasteiger partial charge in [-0.05, 0) is 59.8 Å². The van der Waals surface area contributed by atoms with Gasteiger partial charge in [-0.3, -0.25) is 20.4 Å². The van der Waals surface area contributed by atoms with Crippen LogP contribution in [-0.4, -0.2) is 22.0 Å². The highest BCUT2D eigenvalue weighted by Gasteiger charge is 2.11. The molecule has 2 aromatic carbocycles. The largest absolute Gasteiger partial charge is 0.489 e. The van der Waals surface area contributed by atoms with Crippen LogP contribution in [0.4, 0.5) is 0 Å². The first-order chi connectivity index (χ1) is 16.6. The van der Waals surface area contributed by atoms with Gasteiger partial charge in [-0.25, -0.2) is 0 Å². The number of benzene rings is 2. The summed E-state index contributed by atoms with van der Waals surface area (Å²) in [5.74, 6) is 1.01. The van der Waals surface area contributed by atoms with Crippen LogP contribution < -0.4 is 15.6 Å². The molecule has 0 aliphatic rings. The maximum absolute atomic E-state index is 12.3. The van der Waals surface area contributed by atoms with Crippen molar-refractivity contribution in [2.75, 3.05) is 0 Å². The number of nitrogens with zero attached hydrogens (tertiary/aromatic N) is 2. The van der Waals surface area contributed by atoms with E-state index in [4.69, 9.17) is 20.9 Å². The van der Waals surface area contributed by atoms with Crippen molar-refractivity contribution in [1.29, 1.82) is 0 Å². The second-order valence-electron chi connectivity index (χ2n) is 7.28. The first-order valence-electron chi connectivity index (χ1n) is 10.5. The molecule has 0 unspecified atom stereocenters. The van der Waals surface area contributed by atoms with Crippen molar-refractivity contribution in [2.24, 2.45) is 0 Å². The molecule has 2 amide bonds. The number of halogens is 1. The predicted octanol–water partition coefficient (Wildman–Crippen LogP) is 4.81. The van der Waals surface area contributed by atoms with Gasteiger partial charge < -0.3 is 9.26 Å². The Hall–Kier alpha value is -3.69. The molecule has 4 aromatic rings. The van der Waals surface area contributed by atoms with Gasteiger partial charge in [-0.2, -0.15) is 4.98 Å². The molecule has 2 N–H and O–H groups in total. The fourth-order valence-electron chi connectivity index (χ4n) is 2.97. The van der Waals surface area contributed by atoms with Gasteiger partial charge in [0.1, 0.15) is 12.4 Å². The van der Waals surface area contributed by atoms with Crippen LogP contribution in [0, 0.1) is 0 Å². The van der Waals surface area contributed by atoms with Crippen LogP contribution in [0.2, 0.25) is 5.02 Å². The minimum atomic E-state index is -0.406. The van der Waals surface area contributed by atoms with E-state index < -0.39 is 5.91 Å². The first kappa shape index (κ1) is 23.5. The molecule has 0 spiro atoms. The highest BCUT2D eigenvalue weighted by atomic mass is 35.5. The summed E-state index contributed by atoms with van der Waals surface area (Å²) in [6.45, 7) is 0.356. The van der Waals surface area contributed by atoms with Gasteiger partial charge in [0.25, 0.3) is 5.91 Å². The monoisotopic (exact) mass is 496 g/mol. The Balaban J connectivity index is 1.16. The second-order valence-corrected chi connectivity index (χ2v) is 8.67. The molecule has 4 rings (SSSR count). The molecule has 0 aliphatic heterocycles. The third-order valence-corrected chi connectivity index (χ3v) is 5.87. The van der Waals surface area contributed by atoms with E-state index in [9.17, 15) is 9.59 Å². The van der Waals surface area contributed by atoms with Crippen molar-refractivity contribution in [3.8, 4) is 16.5 Å². The molecule has 0 atom stereocenters. The fraction of sp³-hybridized carbons (Fsp3) is 0.167. The van der Waals surface area contributed by atoms with E-state index in [1.54, 1.807) is 48.5 Å². The van der Waals surface area contributed by atoms with Crippen LogP contribution >= 0.6 is 22.9 Å². The average Bonchev–Trinajstić information content (AvgIpc) is 3.55. The summed E-state index contributed by atoms with van der Waals surface area (Å²) >= 11 is 7.39. The minimum absolute atomic E-state index is 0.206. The van der Waals surface area contributed by atoms with Crippen LogP contribution in [0.5, 0.6) is 5.75 Å². The van der Waals surface area contributed by atoms with E-state index in [2.05, 4.69) is 21.0 Å².